The Kier molecular flexibility index (Phi) is 5.19. The third kappa shape index (κ3) is 3.54. The van der Waals surface area contributed by atoms with Gasteiger partial charge < -0.3 is 5.32 Å². The second kappa shape index (κ2) is 6.18. The van der Waals surface area contributed by atoms with Crippen molar-refractivity contribution in [1.82, 2.24) is 5.32 Å². The first kappa shape index (κ1) is 12.6. The van der Waals surface area contributed by atoms with Crippen LogP contribution in [0.25, 0.3) is 0 Å². The molecule has 1 aliphatic carbocycles. The van der Waals surface area contributed by atoms with Gasteiger partial charge in [0.15, 0.2) is 0 Å². The molecule has 15 heavy (non-hydrogen) atoms. The van der Waals surface area contributed by atoms with Crippen LogP contribution in [-0.4, -0.2) is 12.6 Å². The van der Waals surface area contributed by atoms with Gasteiger partial charge in [-0.2, -0.15) is 0 Å². The Bertz CT molecular complexity index is 208. The first-order chi connectivity index (χ1) is 7.23. The maximum Gasteiger partial charge on any atom is 0.0246 e. The van der Waals surface area contributed by atoms with Crippen molar-refractivity contribution < 1.29 is 0 Å². The van der Waals surface area contributed by atoms with Gasteiger partial charge in [0, 0.05) is 12.5 Å². The van der Waals surface area contributed by atoms with Crippen LogP contribution in [0.1, 0.15) is 58.8 Å². The van der Waals surface area contributed by atoms with E-state index in [1.165, 1.54) is 38.5 Å². The molecule has 0 radical (unpaired) electrons. The lowest BCUT2D eigenvalue weighted by Gasteiger charge is -2.40. The molecule has 1 atom stereocenters. The van der Waals surface area contributed by atoms with E-state index in [1.807, 2.05) is 0 Å². The van der Waals surface area contributed by atoms with Gasteiger partial charge in [-0.15, -0.1) is 12.3 Å². The Morgan fingerprint density at radius 1 is 1.33 bits per heavy atom. The molecule has 1 nitrogen and oxygen atoms in total. The summed E-state index contributed by atoms with van der Waals surface area (Å²) in [5.41, 5.74) is 0.444. The lowest BCUT2D eigenvalue weighted by Crippen LogP contribution is -2.44. The van der Waals surface area contributed by atoms with Gasteiger partial charge >= 0.3 is 0 Å². The highest BCUT2D eigenvalue weighted by Gasteiger charge is 2.34. The molecular formula is C14H25N. The van der Waals surface area contributed by atoms with Crippen molar-refractivity contribution in [3.05, 3.63) is 0 Å². The zero-order chi connectivity index (χ0) is 11.1. The van der Waals surface area contributed by atoms with E-state index >= 15 is 0 Å². The molecule has 0 heterocycles. The normalized spacial score (nSPS) is 21.9. The lowest BCUT2D eigenvalue weighted by atomic mass is 9.69. The molecule has 1 fully saturated rings. The van der Waals surface area contributed by atoms with E-state index in [0.717, 1.165) is 13.0 Å². The quantitative estimate of drug-likeness (QED) is 0.682. The lowest BCUT2D eigenvalue weighted by molar-refractivity contribution is 0.146. The minimum atomic E-state index is 0.444. The Balaban J connectivity index is 2.55. The number of nitrogens with one attached hydrogen (secondary N) is 1. The molecule has 0 bridgehead atoms. The van der Waals surface area contributed by atoms with Crippen molar-refractivity contribution in [2.75, 3.05) is 6.54 Å². The predicted octanol–water partition coefficient (Wildman–Crippen LogP) is 3.35. The van der Waals surface area contributed by atoms with E-state index in [9.17, 15) is 0 Å². The van der Waals surface area contributed by atoms with Crippen LogP contribution in [0.4, 0.5) is 0 Å². The minimum absolute atomic E-state index is 0.444. The van der Waals surface area contributed by atoms with Gasteiger partial charge in [0.05, 0.1) is 0 Å². The van der Waals surface area contributed by atoms with Gasteiger partial charge in [0.1, 0.15) is 0 Å². The number of rotatable bonds is 5. The molecule has 0 aromatic heterocycles. The molecule has 1 aliphatic rings. The fourth-order valence-corrected chi connectivity index (χ4v) is 2.71. The summed E-state index contributed by atoms with van der Waals surface area (Å²) in [4.78, 5) is 0. The number of hydrogen-bond donors (Lipinski definition) is 1. The average Bonchev–Trinajstić information content (AvgIpc) is 2.25. The van der Waals surface area contributed by atoms with Crippen LogP contribution in [0, 0.1) is 17.8 Å². The Hall–Kier alpha value is -0.480. The van der Waals surface area contributed by atoms with Gasteiger partial charge in [-0.05, 0) is 31.2 Å². The van der Waals surface area contributed by atoms with E-state index < -0.39 is 0 Å². The fraction of sp³-hybridized carbons (Fsp3) is 0.857. The molecule has 0 amide bonds. The SMILES string of the molecule is C#CCC(NCCC)C1(C)CCCCC1. The third-order valence-electron chi connectivity index (χ3n) is 3.80. The van der Waals surface area contributed by atoms with Crippen molar-refractivity contribution >= 4 is 0 Å². The van der Waals surface area contributed by atoms with Gasteiger partial charge in [0.25, 0.3) is 0 Å². The first-order valence-electron chi connectivity index (χ1n) is 6.40. The van der Waals surface area contributed by atoms with Gasteiger partial charge in [-0.3, -0.25) is 0 Å². The number of hydrogen-bond acceptors (Lipinski definition) is 1. The summed E-state index contributed by atoms with van der Waals surface area (Å²) in [6.45, 7) is 5.72. The predicted molar refractivity (Wildman–Crippen MR) is 66.7 cm³/mol. The Labute approximate surface area is 95.0 Å². The second-order valence-corrected chi connectivity index (χ2v) is 5.13. The smallest absolute Gasteiger partial charge is 0.0246 e. The largest absolute Gasteiger partial charge is 0.312 e. The van der Waals surface area contributed by atoms with Crippen LogP contribution in [-0.2, 0) is 0 Å². The monoisotopic (exact) mass is 207 g/mol. The molecule has 86 valence electrons. The van der Waals surface area contributed by atoms with E-state index in [-0.39, 0.29) is 0 Å². The highest BCUT2D eigenvalue weighted by molar-refractivity contribution is 4.98. The van der Waals surface area contributed by atoms with Crippen molar-refractivity contribution in [2.45, 2.75) is 64.8 Å². The summed E-state index contributed by atoms with van der Waals surface area (Å²) in [5, 5.41) is 3.64. The Morgan fingerprint density at radius 2 is 2.00 bits per heavy atom. The molecule has 1 rings (SSSR count). The molecule has 1 saturated carbocycles. The van der Waals surface area contributed by atoms with E-state index in [4.69, 9.17) is 6.42 Å². The van der Waals surface area contributed by atoms with Gasteiger partial charge in [-0.25, -0.2) is 0 Å². The molecule has 0 saturated heterocycles. The van der Waals surface area contributed by atoms with Crippen molar-refractivity contribution in [3.63, 3.8) is 0 Å². The molecule has 1 N–H and O–H groups in total. The van der Waals surface area contributed by atoms with Crippen molar-refractivity contribution in [3.8, 4) is 12.3 Å². The topological polar surface area (TPSA) is 12.0 Å². The summed E-state index contributed by atoms with van der Waals surface area (Å²) in [5.74, 6) is 2.84. The van der Waals surface area contributed by atoms with Crippen molar-refractivity contribution in [1.29, 1.82) is 0 Å². The van der Waals surface area contributed by atoms with E-state index in [0.29, 0.717) is 11.5 Å². The van der Waals surface area contributed by atoms with Crippen LogP contribution in [0.5, 0.6) is 0 Å². The molecule has 0 aliphatic heterocycles. The standard InChI is InChI=1S/C14H25N/c1-4-9-13(15-12-5-2)14(3)10-7-6-8-11-14/h1,13,15H,5-12H2,2-3H3. The van der Waals surface area contributed by atoms with Crippen LogP contribution in [0.15, 0.2) is 0 Å². The summed E-state index contributed by atoms with van der Waals surface area (Å²) in [6, 6.07) is 0.530. The summed E-state index contributed by atoms with van der Waals surface area (Å²) >= 11 is 0. The molecular weight excluding hydrogens is 182 g/mol. The maximum absolute atomic E-state index is 5.48. The molecule has 1 heteroatoms. The zero-order valence-corrected chi connectivity index (χ0v) is 10.3. The summed E-state index contributed by atoms with van der Waals surface area (Å²) in [7, 11) is 0. The highest BCUT2D eigenvalue weighted by Crippen LogP contribution is 2.39. The first-order valence-corrected chi connectivity index (χ1v) is 6.40. The van der Waals surface area contributed by atoms with Crippen LogP contribution in [0.3, 0.4) is 0 Å². The maximum atomic E-state index is 5.48. The molecule has 0 spiro atoms. The molecule has 1 unspecified atom stereocenters. The van der Waals surface area contributed by atoms with Gasteiger partial charge in [0.2, 0.25) is 0 Å². The van der Waals surface area contributed by atoms with Crippen molar-refractivity contribution in [2.24, 2.45) is 5.41 Å². The highest BCUT2D eigenvalue weighted by atomic mass is 14.9. The minimum Gasteiger partial charge on any atom is -0.312 e. The summed E-state index contributed by atoms with van der Waals surface area (Å²) in [6.07, 6.45) is 14.4. The summed E-state index contributed by atoms with van der Waals surface area (Å²) < 4.78 is 0. The molecule has 0 aromatic carbocycles. The fourth-order valence-electron chi connectivity index (χ4n) is 2.71. The second-order valence-electron chi connectivity index (χ2n) is 5.13. The van der Waals surface area contributed by atoms with Crippen LogP contribution in [0.2, 0.25) is 0 Å². The average molecular weight is 207 g/mol. The van der Waals surface area contributed by atoms with Crippen LogP contribution < -0.4 is 5.32 Å². The molecule has 0 aromatic rings. The van der Waals surface area contributed by atoms with Gasteiger partial charge in [-0.1, -0.05) is 33.1 Å². The van der Waals surface area contributed by atoms with E-state index in [2.05, 4.69) is 25.1 Å². The van der Waals surface area contributed by atoms with E-state index in [1.54, 1.807) is 0 Å². The zero-order valence-electron chi connectivity index (χ0n) is 10.3. The Morgan fingerprint density at radius 3 is 2.53 bits per heavy atom. The third-order valence-corrected chi connectivity index (χ3v) is 3.80. The van der Waals surface area contributed by atoms with Crippen LogP contribution >= 0.6 is 0 Å². The number of terminal acetylenes is 1.